The molecule has 5 atom stereocenters. The molecule has 3 aromatic rings. The highest BCUT2D eigenvalue weighted by atomic mass is 19.1. The number of fused-ring (bicyclic) bond motifs is 2. The molecule has 1 aromatic carbocycles. The van der Waals surface area contributed by atoms with Crippen LogP contribution in [0.2, 0.25) is 0 Å². The highest BCUT2D eigenvalue weighted by molar-refractivity contribution is 6.02. The number of aliphatic hydroxyl groups is 1. The van der Waals surface area contributed by atoms with Gasteiger partial charge in [-0.15, -0.1) is 0 Å². The molecule has 5 N–H and O–H groups in total. The van der Waals surface area contributed by atoms with Crippen LogP contribution >= 0.6 is 0 Å². The Kier molecular flexibility index (Phi) is 4.60. The van der Waals surface area contributed by atoms with Gasteiger partial charge in [-0.25, -0.2) is 28.9 Å². The van der Waals surface area contributed by atoms with E-state index >= 15 is 4.39 Å². The number of carboxylic acid groups (broad SMARTS) is 2. The van der Waals surface area contributed by atoms with E-state index in [0.29, 0.717) is 5.56 Å². The number of aromatic nitrogens is 4. The zero-order chi connectivity index (χ0) is 23.5. The van der Waals surface area contributed by atoms with Gasteiger partial charge in [0, 0.05) is 6.42 Å². The number of nitrogens with zero attached hydrogens (tertiary/aromatic N) is 4. The molecule has 2 aromatic heterocycles. The Morgan fingerprint density at radius 3 is 2.52 bits per heavy atom. The van der Waals surface area contributed by atoms with Gasteiger partial charge in [0.25, 0.3) is 5.60 Å². The Labute approximate surface area is 184 Å². The summed E-state index contributed by atoms with van der Waals surface area (Å²) in [6.07, 6.45) is -4.43. The van der Waals surface area contributed by atoms with E-state index in [1.54, 1.807) is 18.2 Å². The highest BCUT2D eigenvalue weighted by Gasteiger charge is 2.80. The SMILES string of the molecule is Nc1ncnc2c1ncn2[C@@H]1O[C@@H]2C(OC(Cc3ccccc3)(C(=O)O)C(=O)O)[C@]2(O)[C@H]1F. The molecule has 12 nitrogen and oxygen atoms in total. The monoisotopic (exact) mass is 459 g/mol. The number of halogens is 1. The molecule has 0 radical (unpaired) electrons. The average molecular weight is 459 g/mol. The van der Waals surface area contributed by atoms with Gasteiger partial charge in [0.1, 0.15) is 24.1 Å². The van der Waals surface area contributed by atoms with E-state index in [2.05, 4.69) is 15.0 Å². The third-order valence-electron chi connectivity index (χ3n) is 6.03. The number of nitrogens with two attached hydrogens (primary N) is 1. The molecule has 0 bridgehead atoms. The molecule has 1 unspecified atom stereocenters. The summed E-state index contributed by atoms with van der Waals surface area (Å²) in [5.74, 6) is -3.50. The lowest BCUT2D eigenvalue weighted by Crippen LogP contribution is -2.53. The van der Waals surface area contributed by atoms with Crippen LogP contribution in [0.25, 0.3) is 11.2 Å². The number of hydrogen-bond donors (Lipinski definition) is 4. The number of rotatable bonds is 7. The number of carboxylic acids is 2. The molecule has 13 heteroatoms. The van der Waals surface area contributed by atoms with Gasteiger partial charge in [0.05, 0.1) is 6.33 Å². The summed E-state index contributed by atoms with van der Waals surface area (Å²) in [6, 6.07) is 7.98. The van der Waals surface area contributed by atoms with Gasteiger partial charge in [0.15, 0.2) is 29.5 Å². The molecule has 2 fully saturated rings. The van der Waals surface area contributed by atoms with Gasteiger partial charge in [-0.05, 0) is 5.56 Å². The topological polar surface area (TPSA) is 183 Å². The summed E-state index contributed by atoms with van der Waals surface area (Å²) in [4.78, 5) is 35.8. The maximum absolute atomic E-state index is 15.4. The molecular weight excluding hydrogens is 441 g/mol. The van der Waals surface area contributed by atoms with E-state index in [4.69, 9.17) is 15.2 Å². The van der Waals surface area contributed by atoms with Crippen molar-refractivity contribution in [3.05, 3.63) is 48.5 Å². The van der Waals surface area contributed by atoms with E-state index in [0.717, 1.165) is 6.33 Å². The smallest absolute Gasteiger partial charge is 0.348 e. The molecule has 33 heavy (non-hydrogen) atoms. The van der Waals surface area contributed by atoms with Crippen LogP contribution in [-0.2, 0) is 25.5 Å². The van der Waals surface area contributed by atoms with Crippen molar-refractivity contribution in [2.45, 2.75) is 42.2 Å². The van der Waals surface area contributed by atoms with Gasteiger partial charge in [-0.1, -0.05) is 30.3 Å². The summed E-state index contributed by atoms with van der Waals surface area (Å²) in [7, 11) is 0. The largest absolute Gasteiger partial charge is 0.479 e. The summed E-state index contributed by atoms with van der Waals surface area (Å²) in [5.41, 5.74) is 1.48. The Bertz CT molecular complexity index is 1240. The quantitative estimate of drug-likeness (QED) is 0.347. The van der Waals surface area contributed by atoms with E-state index < -0.39 is 54.2 Å². The molecular formula is C20H18FN5O7. The van der Waals surface area contributed by atoms with Crippen molar-refractivity contribution in [3.8, 4) is 0 Å². The predicted octanol–water partition coefficient (Wildman–Crippen LogP) is -0.0754. The molecule has 172 valence electrons. The summed E-state index contributed by atoms with van der Waals surface area (Å²) in [5, 5.41) is 30.3. The van der Waals surface area contributed by atoms with Crippen molar-refractivity contribution in [2.24, 2.45) is 0 Å². The van der Waals surface area contributed by atoms with Crippen LogP contribution in [0, 0.1) is 0 Å². The van der Waals surface area contributed by atoms with Gasteiger partial charge >= 0.3 is 11.9 Å². The normalized spacial score (nSPS) is 28.5. The molecule has 1 saturated heterocycles. The number of aliphatic carboxylic acids is 2. The first-order chi connectivity index (χ1) is 15.7. The molecule has 1 aliphatic heterocycles. The van der Waals surface area contributed by atoms with Crippen molar-refractivity contribution < 1.29 is 38.8 Å². The number of carbonyl (C=O) groups is 2. The second kappa shape index (κ2) is 7.16. The summed E-state index contributed by atoms with van der Waals surface area (Å²) in [6.45, 7) is 0. The van der Waals surface area contributed by atoms with Crippen molar-refractivity contribution in [2.75, 3.05) is 5.73 Å². The zero-order valence-electron chi connectivity index (χ0n) is 16.8. The van der Waals surface area contributed by atoms with Crippen LogP contribution in [0.4, 0.5) is 10.2 Å². The van der Waals surface area contributed by atoms with Crippen molar-refractivity contribution in [3.63, 3.8) is 0 Å². The first-order valence-corrected chi connectivity index (χ1v) is 9.83. The van der Waals surface area contributed by atoms with Gasteiger partial charge < -0.3 is 30.5 Å². The van der Waals surface area contributed by atoms with Crippen LogP contribution in [0.15, 0.2) is 43.0 Å². The van der Waals surface area contributed by atoms with Crippen LogP contribution in [0.5, 0.6) is 0 Å². The maximum Gasteiger partial charge on any atom is 0.348 e. The second-order valence-corrected chi connectivity index (χ2v) is 7.96. The van der Waals surface area contributed by atoms with Gasteiger partial charge in [-0.3, -0.25) is 4.57 Å². The Morgan fingerprint density at radius 2 is 1.91 bits per heavy atom. The number of imidazole rings is 1. The van der Waals surface area contributed by atoms with Crippen molar-refractivity contribution in [1.29, 1.82) is 0 Å². The highest BCUT2D eigenvalue weighted by Crippen LogP contribution is 2.58. The Balaban J connectivity index is 1.41. The first kappa shape index (κ1) is 21.2. The summed E-state index contributed by atoms with van der Waals surface area (Å²) < 4.78 is 27.6. The molecule has 1 saturated carbocycles. The van der Waals surface area contributed by atoms with Crippen molar-refractivity contribution in [1.82, 2.24) is 19.5 Å². The molecule has 0 amide bonds. The number of hydrogen-bond acceptors (Lipinski definition) is 9. The van der Waals surface area contributed by atoms with E-state index in [1.165, 1.54) is 23.0 Å². The number of anilines is 1. The van der Waals surface area contributed by atoms with Crippen LogP contribution in [0.3, 0.4) is 0 Å². The van der Waals surface area contributed by atoms with Gasteiger partial charge in [-0.2, -0.15) is 0 Å². The third-order valence-corrected chi connectivity index (χ3v) is 6.03. The minimum atomic E-state index is -2.76. The Hall–Kier alpha value is -3.68. The molecule has 3 heterocycles. The fourth-order valence-corrected chi connectivity index (χ4v) is 4.18. The Morgan fingerprint density at radius 1 is 1.21 bits per heavy atom. The fourth-order valence-electron chi connectivity index (χ4n) is 4.18. The molecule has 2 aliphatic rings. The standard InChI is InChI=1S/C20H18FN5O7/c21-11-16(26-8-25-10-14(22)23-7-24-15(10)26)32-12-13(20(11,12)31)33-19(17(27)28,18(29)30)6-9-4-2-1-3-5-9/h1-5,7-8,11-13,16,31H,6H2,(H,27,28)(H,29,30)(H2,22,23,24)/t11-,12+,13?,16+,20-/m0/s1. The lowest BCUT2D eigenvalue weighted by Gasteiger charge is -2.28. The minimum absolute atomic E-state index is 0.0749. The second-order valence-electron chi connectivity index (χ2n) is 7.96. The molecule has 5 rings (SSSR count). The maximum atomic E-state index is 15.4. The van der Waals surface area contributed by atoms with Gasteiger partial charge in [0.2, 0.25) is 0 Å². The minimum Gasteiger partial charge on any atom is -0.479 e. The zero-order valence-corrected chi connectivity index (χ0v) is 16.8. The average Bonchev–Trinajstić information content (AvgIpc) is 3.05. The van der Waals surface area contributed by atoms with E-state index in [9.17, 15) is 24.9 Å². The van der Waals surface area contributed by atoms with E-state index in [1.807, 2.05) is 0 Å². The third kappa shape index (κ3) is 2.97. The number of ether oxygens (including phenoxy) is 2. The van der Waals surface area contributed by atoms with Crippen LogP contribution in [0.1, 0.15) is 11.8 Å². The predicted molar refractivity (Wildman–Crippen MR) is 107 cm³/mol. The van der Waals surface area contributed by atoms with Crippen LogP contribution in [-0.4, -0.2) is 76.4 Å². The molecule has 0 spiro atoms. The number of benzene rings is 1. The molecule has 1 aliphatic carbocycles. The lowest BCUT2D eigenvalue weighted by molar-refractivity contribution is -0.194. The van der Waals surface area contributed by atoms with E-state index in [-0.39, 0.29) is 17.0 Å². The fraction of sp³-hybridized carbons (Fsp3) is 0.350. The first-order valence-electron chi connectivity index (χ1n) is 9.83. The van der Waals surface area contributed by atoms with Crippen molar-refractivity contribution >= 4 is 28.9 Å². The summed E-state index contributed by atoms with van der Waals surface area (Å²) >= 11 is 0. The number of nitrogen functional groups attached to an aromatic ring is 1. The lowest BCUT2D eigenvalue weighted by atomic mass is 9.94. The number of alkyl halides is 1. The van der Waals surface area contributed by atoms with Crippen LogP contribution < -0.4 is 5.73 Å².